The number of nitrogens with zero attached hydrogens (tertiary/aromatic N) is 1. The summed E-state index contributed by atoms with van der Waals surface area (Å²) in [5.74, 6) is -1.99. The summed E-state index contributed by atoms with van der Waals surface area (Å²) in [5.41, 5.74) is -1.22. The average Bonchev–Trinajstić information content (AvgIpc) is 3.00. The van der Waals surface area contributed by atoms with Crippen molar-refractivity contribution < 1.29 is 19.4 Å². The Bertz CT molecular complexity index is 612. The largest absolute Gasteiger partial charge is 0.480 e. The minimum absolute atomic E-state index is 0.0392. The Hall–Kier alpha value is -2.21. The molecule has 1 atom stereocenters. The minimum atomic E-state index is -1.75. The third kappa shape index (κ3) is 2.95. The smallest absolute Gasteiger partial charge is 0.329 e. The number of thiophene rings is 1. The number of aromatic nitrogens is 1. The number of carbonyl (C=O) groups is 2. The summed E-state index contributed by atoms with van der Waals surface area (Å²) >= 11 is 1.22. The highest BCUT2D eigenvalue weighted by Gasteiger charge is 2.50. The van der Waals surface area contributed by atoms with E-state index in [9.17, 15) is 14.7 Å². The summed E-state index contributed by atoms with van der Waals surface area (Å²) in [4.78, 5) is 28.9. The van der Waals surface area contributed by atoms with Crippen molar-refractivity contribution in [1.29, 1.82) is 0 Å². The molecule has 2 heterocycles. The van der Waals surface area contributed by atoms with Gasteiger partial charge in [0.15, 0.2) is 0 Å². The van der Waals surface area contributed by atoms with Gasteiger partial charge >= 0.3 is 11.9 Å². The lowest BCUT2D eigenvalue weighted by Gasteiger charge is -2.25. The molecule has 0 aliphatic rings. The van der Waals surface area contributed by atoms with Gasteiger partial charge in [-0.15, -0.1) is 11.3 Å². The quantitative estimate of drug-likeness (QED) is 0.654. The van der Waals surface area contributed by atoms with Gasteiger partial charge in [-0.05, 0) is 30.5 Å². The van der Waals surface area contributed by atoms with E-state index in [0.29, 0.717) is 10.6 Å². The van der Waals surface area contributed by atoms with Gasteiger partial charge in [0.25, 0.3) is 0 Å². The molecule has 1 N–H and O–H groups in total. The minimum Gasteiger partial charge on any atom is -0.480 e. The second kappa shape index (κ2) is 6.49. The molecule has 1 unspecified atom stereocenters. The molecule has 0 radical (unpaired) electrons. The van der Waals surface area contributed by atoms with Gasteiger partial charge in [-0.2, -0.15) is 0 Å². The van der Waals surface area contributed by atoms with Crippen molar-refractivity contribution in [3.8, 4) is 0 Å². The van der Waals surface area contributed by atoms with Crippen LogP contribution in [0, 0.1) is 0 Å². The van der Waals surface area contributed by atoms with Crippen LogP contribution in [0.3, 0.4) is 0 Å². The number of hydrogen-bond donors (Lipinski definition) is 1. The lowest BCUT2D eigenvalue weighted by Crippen LogP contribution is -2.46. The van der Waals surface area contributed by atoms with Gasteiger partial charge in [0, 0.05) is 23.2 Å². The first-order valence-corrected chi connectivity index (χ1v) is 7.33. The predicted octanol–water partition coefficient (Wildman–Crippen LogP) is 2.27. The number of carbonyl (C=O) groups excluding carboxylic acids is 1. The van der Waals surface area contributed by atoms with Crippen LogP contribution in [0.2, 0.25) is 0 Å². The molecule has 0 amide bonds. The molecule has 0 bridgehead atoms. The molecule has 0 aromatic carbocycles. The Kier molecular flexibility index (Phi) is 4.70. The average molecular weight is 305 g/mol. The molecule has 21 heavy (non-hydrogen) atoms. The van der Waals surface area contributed by atoms with Crippen LogP contribution in [0.1, 0.15) is 17.5 Å². The zero-order valence-corrected chi connectivity index (χ0v) is 12.3. The number of esters is 1. The van der Waals surface area contributed by atoms with Crippen LogP contribution in [0.4, 0.5) is 0 Å². The fraction of sp³-hybridized carbons (Fsp3) is 0.267. The van der Waals surface area contributed by atoms with E-state index in [1.54, 1.807) is 48.8 Å². The van der Waals surface area contributed by atoms with E-state index < -0.39 is 17.4 Å². The molecular weight excluding hydrogens is 290 g/mol. The Balaban J connectivity index is 2.51. The highest BCUT2D eigenvalue weighted by Crippen LogP contribution is 2.33. The lowest BCUT2D eigenvalue weighted by molar-refractivity contribution is -0.161. The summed E-state index contributed by atoms with van der Waals surface area (Å²) in [7, 11) is 0. The first-order valence-electron chi connectivity index (χ1n) is 6.45. The van der Waals surface area contributed by atoms with Crippen LogP contribution in [0.25, 0.3) is 0 Å². The summed E-state index contributed by atoms with van der Waals surface area (Å²) in [6.45, 7) is 1.78. The van der Waals surface area contributed by atoms with E-state index in [1.165, 1.54) is 11.3 Å². The van der Waals surface area contributed by atoms with Crippen molar-refractivity contribution >= 4 is 23.3 Å². The molecule has 110 valence electrons. The fourth-order valence-electron chi connectivity index (χ4n) is 2.08. The third-order valence-electron chi connectivity index (χ3n) is 3.10. The van der Waals surface area contributed by atoms with Crippen molar-refractivity contribution in [3.05, 3.63) is 52.5 Å². The predicted molar refractivity (Wildman–Crippen MR) is 78.2 cm³/mol. The molecule has 0 saturated carbocycles. The summed E-state index contributed by atoms with van der Waals surface area (Å²) in [5, 5.41) is 11.5. The SMILES string of the molecule is CCOC(=O)C(Cc1ccccn1)(C(=O)O)c1cccs1. The number of rotatable bonds is 6. The van der Waals surface area contributed by atoms with Gasteiger partial charge in [0.05, 0.1) is 6.61 Å². The number of hydrogen-bond acceptors (Lipinski definition) is 5. The van der Waals surface area contributed by atoms with Gasteiger partial charge in [-0.3, -0.25) is 14.6 Å². The topological polar surface area (TPSA) is 76.5 Å². The van der Waals surface area contributed by atoms with Crippen molar-refractivity contribution in [1.82, 2.24) is 4.98 Å². The molecule has 0 aliphatic carbocycles. The van der Waals surface area contributed by atoms with Crippen LogP contribution in [0.15, 0.2) is 41.9 Å². The van der Waals surface area contributed by atoms with E-state index >= 15 is 0 Å². The number of carboxylic acid groups (broad SMARTS) is 1. The first-order chi connectivity index (χ1) is 10.1. The lowest BCUT2D eigenvalue weighted by atomic mass is 9.81. The van der Waals surface area contributed by atoms with E-state index in [0.717, 1.165) is 0 Å². The number of carboxylic acids is 1. The van der Waals surface area contributed by atoms with E-state index in [-0.39, 0.29) is 13.0 Å². The molecular formula is C15H15NO4S. The van der Waals surface area contributed by atoms with E-state index in [1.807, 2.05) is 0 Å². The summed E-state index contributed by atoms with van der Waals surface area (Å²) in [6.07, 6.45) is 1.53. The monoisotopic (exact) mass is 305 g/mol. The summed E-state index contributed by atoms with van der Waals surface area (Å²) in [6, 6.07) is 8.55. The van der Waals surface area contributed by atoms with Crippen LogP contribution in [-0.2, 0) is 26.2 Å². The zero-order valence-electron chi connectivity index (χ0n) is 11.5. The molecule has 0 saturated heterocycles. The maximum atomic E-state index is 12.4. The standard InChI is InChI=1S/C15H15NO4S/c1-2-20-14(19)15(13(17)18,12-7-5-9-21-12)10-11-6-3-4-8-16-11/h3-9H,2,10H2,1H3,(H,17,18). The molecule has 0 spiro atoms. The van der Waals surface area contributed by atoms with Crippen LogP contribution >= 0.6 is 11.3 Å². The highest BCUT2D eigenvalue weighted by molar-refractivity contribution is 7.10. The molecule has 2 aromatic rings. The Morgan fingerprint density at radius 1 is 1.33 bits per heavy atom. The van der Waals surface area contributed by atoms with Crippen LogP contribution in [0.5, 0.6) is 0 Å². The van der Waals surface area contributed by atoms with E-state index in [2.05, 4.69) is 4.98 Å². The van der Waals surface area contributed by atoms with Crippen LogP contribution < -0.4 is 0 Å². The maximum absolute atomic E-state index is 12.4. The molecule has 5 nitrogen and oxygen atoms in total. The van der Waals surface area contributed by atoms with Gasteiger partial charge in [0.1, 0.15) is 0 Å². The molecule has 2 rings (SSSR count). The van der Waals surface area contributed by atoms with Gasteiger partial charge in [0.2, 0.25) is 5.41 Å². The van der Waals surface area contributed by atoms with Crippen molar-refractivity contribution in [2.75, 3.05) is 6.61 Å². The molecule has 6 heteroatoms. The number of ether oxygens (including phenoxy) is 1. The molecule has 0 aliphatic heterocycles. The first kappa shape index (κ1) is 15.2. The Morgan fingerprint density at radius 3 is 2.67 bits per heavy atom. The van der Waals surface area contributed by atoms with Crippen molar-refractivity contribution in [2.24, 2.45) is 0 Å². The van der Waals surface area contributed by atoms with Gasteiger partial charge < -0.3 is 9.84 Å². The molecule has 0 fully saturated rings. The van der Waals surface area contributed by atoms with E-state index in [4.69, 9.17) is 4.74 Å². The second-order valence-electron chi connectivity index (χ2n) is 4.41. The number of aliphatic carboxylic acids is 1. The Labute approximate surface area is 126 Å². The highest BCUT2D eigenvalue weighted by atomic mass is 32.1. The normalized spacial score (nSPS) is 13.4. The van der Waals surface area contributed by atoms with Gasteiger partial charge in [-0.25, -0.2) is 0 Å². The second-order valence-corrected chi connectivity index (χ2v) is 5.35. The molecule has 2 aromatic heterocycles. The van der Waals surface area contributed by atoms with Gasteiger partial charge in [-0.1, -0.05) is 12.1 Å². The van der Waals surface area contributed by atoms with Crippen molar-refractivity contribution in [3.63, 3.8) is 0 Å². The third-order valence-corrected chi connectivity index (χ3v) is 4.13. The van der Waals surface area contributed by atoms with Crippen LogP contribution in [-0.4, -0.2) is 28.6 Å². The zero-order chi connectivity index (χ0) is 15.3. The maximum Gasteiger partial charge on any atom is 0.329 e. The fourth-order valence-corrected chi connectivity index (χ4v) is 2.98. The van der Waals surface area contributed by atoms with Crippen molar-refractivity contribution in [2.45, 2.75) is 18.8 Å². The number of pyridine rings is 1. The Morgan fingerprint density at radius 2 is 2.14 bits per heavy atom. The summed E-state index contributed by atoms with van der Waals surface area (Å²) < 4.78 is 5.02.